The molecule has 0 bridgehead atoms. The Morgan fingerprint density at radius 3 is 2.68 bits per heavy atom. The summed E-state index contributed by atoms with van der Waals surface area (Å²) in [6.07, 6.45) is -0.459. The summed E-state index contributed by atoms with van der Waals surface area (Å²) in [4.78, 5) is 12.0. The van der Waals surface area contributed by atoms with Crippen LogP contribution in [0.1, 0.15) is 20.8 Å². The Hall–Kier alpha value is -3.15. The van der Waals surface area contributed by atoms with Gasteiger partial charge in [-0.3, -0.25) is 5.32 Å². The number of nitrogen functional groups attached to an aromatic ring is 1. The highest BCUT2D eigenvalue weighted by Crippen LogP contribution is 2.38. The number of nitrogens with one attached hydrogen (secondary N) is 1. The fourth-order valence-corrected chi connectivity index (χ4v) is 3.26. The normalized spacial score (nSPS) is 11.0. The smallest absolute Gasteiger partial charge is 0.411 e. The molecular weight excluding hydrogens is 354 g/mol. The van der Waals surface area contributed by atoms with E-state index in [2.05, 4.69) is 16.8 Å². The average Bonchev–Trinajstić information content (AvgIpc) is 2.97. The molecule has 1 aromatic heterocycles. The van der Waals surface area contributed by atoms with Gasteiger partial charge in [-0.1, -0.05) is 26.0 Å². The van der Waals surface area contributed by atoms with E-state index in [4.69, 9.17) is 15.2 Å². The van der Waals surface area contributed by atoms with Gasteiger partial charge in [0.2, 0.25) is 0 Å². The minimum atomic E-state index is -0.459. The number of ether oxygens (including phenoxy) is 2. The third-order valence-corrected chi connectivity index (χ3v) is 4.56. The Balaban J connectivity index is 1.98. The van der Waals surface area contributed by atoms with Gasteiger partial charge in [0, 0.05) is 29.2 Å². The van der Waals surface area contributed by atoms with Crippen molar-refractivity contribution >= 4 is 28.4 Å². The molecule has 0 atom stereocenters. The second kappa shape index (κ2) is 8.25. The van der Waals surface area contributed by atoms with Crippen LogP contribution in [0.4, 0.5) is 16.2 Å². The topological polar surface area (TPSA) is 78.5 Å². The lowest BCUT2D eigenvalue weighted by atomic mass is 10.1. The minimum Gasteiger partial charge on any atom is -0.497 e. The standard InChI is InChI=1S/C22H27N3O3/c1-5-25-19-12-17(27-4)9-10-18(19)20(23)21(25)15-7-6-8-16(11-15)24-22(26)28-13-14(2)3/h6-12,14H,5,13,23H2,1-4H3,(H,24,26). The van der Waals surface area contributed by atoms with Crippen LogP contribution in [0.25, 0.3) is 22.2 Å². The summed E-state index contributed by atoms with van der Waals surface area (Å²) in [5.41, 5.74) is 10.7. The summed E-state index contributed by atoms with van der Waals surface area (Å²) >= 11 is 0. The number of fused-ring (bicyclic) bond motifs is 1. The molecule has 0 radical (unpaired) electrons. The Morgan fingerprint density at radius 1 is 1.21 bits per heavy atom. The molecule has 0 aliphatic heterocycles. The van der Waals surface area contributed by atoms with Crippen LogP contribution in [0.15, 0.2) is 42.5 Å². The minimum absolute atomic E-state index is 0.286. The number of rotatable bonds is 6. The van der Waals surface area contributed by atoms with Gasteiger partial charge in [-0.2, -0.15) is 0 Å². The number of hydrogen-bond donors (Lipinski definition) is 2. The summed E-state index contributed by atoms with van der Waals surface area (Å²) < 4.78 is 12.7. The molecular formula is C22H27N3O3. The molecule has 3 N–H and O–H groups in total. The number of aromatic nitrogens is 1. The molecule has 0 saturated heterocycles. The molecule has 0 aliphatic carbocycles. The van der Waals surface area contributed by atoms with Crippen LogP contribution < -0.4 is 15.8 Å². The zero-order valence-corrected chi connectivity index (χ0v) is 16.8. The zero-order chi connectivity index (χ0) is 20.3. The molecule has 3 aromatic rings. The Morgan fingerprint density at radius 2 is 2.00 bits per heavy atom. The van der Waals surface area contributed by atoms with Crippen LogP contribution in [-0.2, 0) is 11.3 Å². The molecule has 1 amide bonds. The first kappa shape index (κ1) is 19.6. The van der Waals surface area contributed by atoms with Crippen LogP contribution in [0.5, 0.6) is 5.75 Å². The number of nitrogens with zero attached hydrogens (tertiary/aromatic N) is 1. The number of carbonyl (C=O) groups excluding carboxylic acids is 1. The lowest BCUT2D eigenvalue weighted by Gasteiger charge is -2.12. The summed E-state index contributed by atoms with van der Waals surface area (Å²) in [6.45, 7) is 7.20. The molecule has 2 aromatic carbocycles. The van der Waals surface area contributed by atoms with Gasteiger partial charge < -0.3 is 19.8 Å². The first-order valence-electron chi connectivity index (χ1n) is 9.44. The number of aryl methyl sites for hydroxylation is 1. The van der Waals surface area contributed by atoms with Crippen LogP contribution in [-0.4, -0.2) is 24.4 Å². The Kier molecular flexibility index (Phi) is 5.78. The Bertz CT molecular complexity index is 992. The molecule has 0 aliphatic rings. The fraction of sp³-hybridized carbons (Fsp3) is 0.318. The van der Waals surface area contributed by atoms with Crippen molar-refractivity contribution in [2.45, 2.75) is 27.3 Å². The highest BCUT2D eigenvalue weighted by molar-refractivity contribution is 6.02. The molecule has 0 saturated carbocycles. The van der Waals surface area contributed by atoms with Gasteiger partial charge in [0.15, 0.2) is 0 Å². The maximum atomic E-state index is 12.0. The van der Waals surface area contributed by atoms with Crippen molar-refractivity contribution in [3.05, 3.63) is 42.5 Å². The summed E-state index contributed by atoms with van der Waals surface area (Å²) in [5.74, 6) is 1.07. The highest BCUT2D eigenvalue weighted by atomic mass is 16.5. The predicted molar refractivity (Wildman–Crippen MR) is 114 cm³/mol. The fourth-order valence-electron chi connectivity index (χ4n) is 3.26. The van der Waals surface area contributed by atoms with E-state index in [0.29, 0.717) is 18.0 Å². The van der Waals surface area contributed by atoms with Crippen LogP contribution in [0.3, 0.4) is 0 Å². The van der Waals surface area contributed by atoms with E-state index >= 15 is 0 Å². The van der Waals surface area contributed by atoms with E-state index < -0.39 is 6.09 Å². The number of hydrogen-bond acceptors (Lipinski definition) is 4. The molecule has 28 heavy (non-hydrogen) atoms. The molecule has 3 rings (SSSR count). The lowest BCUT2D eigenvalue weighted by Crippen LogP contribution is -2.16. The van der Waals surface area contributed by atoms with Gasteiger partial charge in [0.05, 0.1) is 30.6 Å². The summed E-state index contributed by atoms with van der Waals surface area (Å²) in [7, 11) is 1.65. The average molecular weight is 381 g/mol. The van der Waals surface area contributed by atoms with Gasteiger partial charge in [0.1, 0.15) is 5.75 Å². The SMILES string of the molecule is CCn1c(-c2cccc(NC(=O)OCC(C)C)c2)c(N)c2ccc(OC)cc21. The quantitative estimate of drug-likeness (QED) is 0.621. The largest absolute Gasteiger partial charge is 0.497 e. The first-order chi connectivity index (χ1) is 13.4. The van der Waals surface area contributed by atoms with Gasteiger partial charge in [0.25, 0.3) is 0 Å². The van der Waals surface area contributed by atoms with E-state index in [1.807, 2.05) is 56.3 Å². The zero-order valence-electron chi connectivity index (χ0n) is 16.8. The second-order valence-electron chi connectivity index (χ2n) is 7.09. The van der Waals surface area contributed by atoms with E-state index in [9.17, 15) is 4.79 Å². The van der Waals surface area contributed by atoms with E-state index in [1.54, 1.807) is 7.11 Å². The van der Waals surface area contributed by atoms with Crippen molar-refractivity contribution in [2.24, 2.45) is 5.92 Å². The van der Waals surface area contributed by atoms with E-state index in [-0.39, 0.29) is 5.92 Å². The molecule has 0 spiro atoms. The van der Waals surface area contributed by atoms with Gasteiger partial charge in [-0.25, -0.2) is 4.79 Å². The van der Waals surface area contributed by atoms with Crippen LogP contribution in [0, 0.1) is 5.92 Å². The maximum absolute atomic E-state index is 12.0. The maximum Gasteiger partial charge on any atom is 0.411 e. The third-order valence-electron chi connectivity index (χ3n) is 4.56. The second-order valence-corrected chi connectivity index (χ2v) is 7.09. The first-order valence-corrected chi connectivity index (χ1v) is 9.44. The monoisotopic (exact) mass is 381 g/mol. The Labute approximate surface area is 165 Å². The van der Waals surface area contributed by atoms with Gasteiger partial charge in [-0.15, -0.1) is 0 Å². The highest BCUT2D eigenvalue weighted by Gasteiger charge is 2.17. The molecule has 0 unspecified atom stereocenters. The number of anilines is 2. The molecule has 1 heterocycles. The molecule has 6 heteroatoms. The van der Waals surface area contributed by atoms with Gasteiger partial charge in [-0.05, 0) is 37.1 Å². The van der Waals surface area contributed by atoms with Gasteiger partial charge >= 0.3 is 6.09 Å². The molecule has 0 fully saturated rings. The number of nitrogens with two attached hydrogens (primary N) is 1. The van der Waals surface area contributed by atoms with Crippen molar-refractivity contribution in [1.82, 2.24) is 4.57 Å². The number of amides is 1. The number of carbonyl (C=O) groups is 1. The van der Waals surface area contributed by atoms with Crippen molar-refractivity contribution in [3.63, 3.8) is 0 Å². The molecule has 6 nitrogen and oxygen atoms in total. The van der Waals surface area contributed by atoms with Crippen LogP contribution >= 0.6 is 0 Å². The molecule has 148 valence electrons. The van der Waals surface area contributed by atoms with Crippen LogP contribution in [0.2, 0.25) is 0 Å². The number of benzene rings is 2. The van der Waals surface area contributed by atoms with E-state index in [0.717, 1.165) is 34.5 Å². The summed E-state index contributed by atoms with van der Waals surface area (Å²) in [6, 6.07) is 13.5. The van der Waals surface area contributed by atoms with Crippen molar-refractivity contribution in [2.75, 3.05) is 24.8 Å². The summed E-state index contributed by atoms with van der Waals surface area (Å²) in [5, 5.41) is 3.76. The predicted octanol–water partition coefficient (Wildman–Crippen LogP) is 5.12. The van der Waals surface area contributed by atoms with E-state index in [1.165, 1.54) is 0 Å². The van der Waals surface area contributed by atoms with Crippen molar-refractivity contribution in [3.8, 4) is 17.0 Å². The van der Waals surface area contributed by atoms with Crippen molar-refractivity contribution < 1.29 is 14.3 Å². The number of methoxy groups -OCH3 is 1. The lowest BCUT2D eigenvalue weighted by molar-refractivity contribution is 0.147. The third kappa shape index (κ3) is 3.91. The van der Waals surface area contributed by atoms with Crippen molar-refractivity contribution in [1.29, 1.82) is 0 Å².